The number of carbonyl (C=O) groups is 1. The number of hydrogen-bond acceptors (Lipinski definition) is 2. The molecule has 1 aliphatic carbocycles. The number of hydrogen-bond donors (Lipinski definition) is 0. The third-order valence-corrected chi connectivity index (χ3v) is 2.64. The molecule has 3 heteroatoms. The fraction of sp³-hybridized carbons (Fsp3) is 0.400. The molecule has 0 aromatic carbocycles. The number of nitrogens with zero attached hydrogens (tertiary/aromatic N) is 1. The van der Waals surface area contributed by atoms with Gasteiger partial charge in [-0.05, 0) is 24.3 Å². The van der Waals surface area contributed by atoms with Gasteiger partial charge in [-0.1, -0.05) is 13.0 Å². The third-order valence-electron chi connectivity index (χ3n) is 2.64. The summed E-state index contributed by atoms with van der Waals surface area (Å²) in [4.78, 5) is 13.9. The second-order valence-corrected chi connectivity index (χ2v) is 3.75. The summed E-state index contributed by atoms with van der Waals surface area (Å²) < 4.78 is 13.3. The van der Waals surface area contributed by atoms with Gasteiger partial charge in [0.05, 0.1) is 0 Å². The predicted molar refractivity (Wildman–Crippen MR) is 46.2 cm³/mol. The van der Waals surface area contributed by atoms with Crippen molar-refractivity contribution in [1.29, 1.82) is 0 Å². The third kappa shape index (κ3) is 1.34. The average Bonchev–Trinajstić information content (AvgIpc) is 2.84. The van der Waals surface area contributed by atoms with E-state index in [4.69, 9.17) is 0 Å². The fourth-order valence-corrected chi connectivity index (χ4v) is 1.42. The Bertz CT molecular complexity index is 358. The van der Waals surface area contributed by atoms with Gasteiger partial charge in [-0.3, -0.25) is 4.79 Å². The smallest absolute Gasteiger partial charge is 0.217 e. The molecule has 1 saturated carbocycles. The molecule has 0 amide bonds. The highest BCUT2D eigenvalue weighted by Crippen LogP contribution is 2.48. The van der Waals surface area contributed by atoms with Crippen molar-refractivity contribution in [2.24, 2.45) is 0 Å². The molecule has 13 heavy (non-hydrogen) atoms. The first kappa shape index (κ1) is 8.35. The molecule has 0 aliphatic heterocycles. The van der Waals surface area contributed by atoms with Gasteiger partial charge < -0.3 is 0 Å². The Morgan fingerprint density at radius 3 is 2.69 bits per heavy atom. The van der Waals surface area contributed by atoms with E-state index in [1.54, 1.807) is 12.1 Å². The van der Waals surface area contributed by atoms with Crippen LogP contribution in [0, 0.1) is 5.95 Å². The zero-order valence-corrected chi connectivity index (χ0v) is 7.38. The SMILES string of the molecule is CC1(c2ccc(C=O)nc2F)CC1. The van der Waals surface area contributed by atoms with E-state index < -0.39 is 5.95 Å². The van der Waals surface area contributed by atoms with E-state index in [-0.39, 0.29) is 11.1 Å². The molecule has 1 aliphatic rings. The van der Waals surface area contributed by atoms with E-state index in [9.17, 15) is 9.18 Å². The van der Waals surface area contributed by atoms with Crippen LogP contribution in [0.2, 0.25) is 0 Å². The van der Waals surface area contributed by atoms with Crippen LogP contribution in [0.15, 0.2) is 12.1 Å². The summed E-state index contributed by atoms with van der Waals surface area (Å²) in [6.45, 7) is 2.01. The Kier molecular flexibility index (Phi) is 1.68. The summed E-state index contributed by atoms with van der Waals surface area (Å²) in [5, 5.41) is 0. The predicted octanol–water partition coefficient (Wildman–Crippen LogP) is 2.08. The van der Waals surface area contributed by atoms with Crippen LogP contribution < -0.4 is 0 Å². The van der Waals surface area contributed by atoms with Crippen LogP contribution in [-0.4, -0.2) is 11.3 Å². The van der Waals surface area contributed by atoms with Gasteiger partial charge in [0.25, 0.3) is 0 Å². The molecule has 0 saturated heterocycles. The molecule has 68 valence electrons. The van der Waals surface area contributed by atoms with Crippen molar-refractivity contribution in [2.75, 3.05) is 0 Å². The molecule has 0 unspecified atom stereocenters. The molecule has 1 aromatic heterocycles. The van der Waals surface area contributed by atoms with Crippen molar-refractivity contribution in [3.8, 4) is 0 Å². The number of aldehydes is 1. The van der Waals surface area contributed by atoms with Crippen LogP contribution in [0.3, 0.4) is 0 Å². The van der Waals surface area contributed by atoms with E-state index in [2.05, 4.69) is 4.98 Å². The van der Waals surface area contributed by atoms with Crippen molar-refractivity contribution < 1.29 is 9.18 Å². The molecule has 0 bridgehead atoms. The van der Waals surface area contributed by atoms with Crippen LogP contribution in [0.25, 0.3) is 0 Å². The van der Waals surface area contributed by atoms with Crippen molar-refractivity contribution in [3.63, 3.8) is 0 Å². The number of pyridine rings is 1. The molecule has 0 N–H and O–H groups in total. The van der Waals surface area contributed by atoms with Gasteiger partial charge in [0.2, 0.25) is 5.95 Å². The largest absolute Gasteiger partial charge is 0.296 e. The highest BCUT2D eigenvalue weighted by atomic mass is 19.1. The maximum atomic E-state index is 13.3. The Hall–Kier alpha value is -1.25. The van der Waals surface area contributed by atoms with Crippen molar-refractivity contribution in [3.05, 3.63) is 29.3 Å². The summed E-state index contributed by atoms with van der Waals surface area (Å²) in [5.41, 5.74) is 0.766. The molecule has 0 spiro atoms. The quantitative estimate of drug-likeness (QED) is 0.514. The van der Waals surface area contributed by atoms with Gasteiger partial charge in [-0.25, -0.2) is 4.98 Å². The van der Waals surface area contributed by atoms with Gasteiger partial charge in [-0.15, -0.1) is 0 Å². The highest BCUT2D eigenvalue weighted by Gasteiger charge is 2.41. The Labute approximate surface area is 75.8 Å². The highest BCUT2D eigenvalue weighted by molar-refractivity contribution is 5.71. The Balaban J connectivity index is 2.43. The van der Waals surface area contributed by atoms with Gasteiger partial charge in [0.1, 0.15) is 5.69 Å². The molecule has 0 radical (unpaired) electrons. The van der Waals surface area contributed by atoms with E-state index in [1.165, 1.54) is 0 Å². The number of aromatic nitrogens is 1. The van der Waals surface area contributed by atoms with Gasteiger partial charge in [0, 0.05) is 5.56 Å². The first-order chi connectivity index (χ1) is 6.15. The second-order valence-electron chi connectivity index (χ2n) is 3.75. The number of rotatable bonds is 2. The maximum absolute atomic E-state index is 13.3. The monoisotopic (exact) mass is 179 g/mol. The molecule has 0 atom stereocenters. The first-order valence-corrected chi connectivity index (χ1v) is 4.28. The topological polar surface area (TPSA) is 30.0 Å². The lowest BCUT2D eigenvalue weighted by atomic mass is 10.00. The lowest BCUT2D eigenvalue weighted by Gasteiger charge is -2.08. The zero-order chi connectivity index (χ0) is 9.47. The molecule has 1 fully saturated rings. The second kappa shape index (κ2) is 2.62. The Morgan fingerprint density at radius 2 is 2.23 bits per heavy atom. The van der Waals surface area contributed by atoms with Crippen LogP contribution in [0.4, 0.5) is 4.39 Å². The molecule has 2 nitrogen and oxygen atoms in total. The van der Waals surface area contributed by atoms with Crippen molar-refractivity contribution >= 4 is 6.29 Å². The minimum Gasteiger partial charge on any atom is -0.296 e. The first-order valence-electron chi connectivity index (χ1n) is 4.28. The number of halogens is 1. The van der Waals surface area contributed by atoms with E-state index in [0.717, 1.165) is 12.8 Å². The molecule has 1 aromatic rings. The van der Waals surface area contributed by atoms with E-state index in [0.29, 0.717) is 11.8 Å². The van der Waals surface area contributed by atoms with E-state index in [1.807, 2.05) is 6.92 Å². The number of carbonyl (C=O) groups excluding carboxylic acids is 1. The molecule has 1 heterocycles. The van der Waals surface area contributed by atoms with Crippen LogP contribution >= 0.6 is 0 Å². The molecular weight excluding hydrogens is 169 g/mol. The van der Waals surface area contributed by atoms with Crippen molar-refractivity contribution in [1.82, 2.24) is 4.98 Å². The fourth-order valence-electron chi connectivity index (χ4n) is 1.42. The molecule has 2 rings (SSSR count). The minimum absolute atomic E-state index is 0.0293. The van der Waals surface area contributed by atoms with Crippen LogP contribution in [0.1, 0.15) is 35.8 Å². The lowest BCUT2D eigenvalue weighted by Crippen LogP contribution is -2.06. The van der Waals surface area contributed by atoms with Crippen LogP contribution in [0.5, 0.6) is 0 Å². The lowest BCUT2D eigenvalue weighted by molar-refractivity contribution is 0.111. The summed E-state index contributed by atoms with van der Waals surface area (Å²) in [6.07, 6.45) is 2.57. The summed E-state index contributed by atoms with van der Waals surface area (Å²) in [7, 11) is 0. The zero-order valence-electron chi connectivity index (χ0n) is 7.38. The minimum atomic E-state index is -0.496. The molecular formula is C10H10FNO. The summed E-state index contributed by atoms with van der Waals surface area (Å²) in [5.74, 6) is -0.496. The van der Waals surface area contributed by atoms with E-state index >= 15 is 0 Å². The normalized spacial score (nSPS) is 18.3. The summed E-state index contributed by atoms with van der Waals surface area (Å²) in [6, 6.07) is 3.23. The Morgan fingerprint density at radius 1 is 1.54 bits per heavy atom. The van der Waals surface area contributed by atoms with Gasteiger partial charge in [0.15, 0.2) is 6.29 Å². The van der Waals surface area contributed by atoms with Crippen molar-refractivity contribution in [2.45, 2.75) is 25.2 Å². The average molecular weight is 179 g/mol. The summed E-state index contributed by atoms with van der Waals surface area (Å²) >= 11 is 0. The van der Waals surface area contributed by atoms with Gasteiger partial charge in [-0.2, -0.15) is 4.39 Å². The maximum Gasteiger partial charge on any atom is 0.217 e. The van der Waals surface area contributed by atoms with Gasteiger partial charge >= 0.3 is 0 Å². The van der Waals surface area contributed by atoms with Crippen LogP contribution in [-0.2, 0) is 5.41 Å². The standard InChI is InChI=1S/C10H10FNO/c1-10(4-5-10)8-3-2-7(6-13)12-9(8)11/h2-3,6H,4-5H2,1H3.